The van der Waals surface area contributed by atoms with Gasteiger partial charge in [-0.2, -0.15) is 0 Å². The highest BCUT2D eigenvalue weighted by Crippen LogP contribution is 2.24. The van der Waals surface area contributed by atoms with Gasteiger partial charge in [-0.1, -0.05) is 6.42 Å². The highest BCUT2D eigenvalue weighted by Gasteiger charge is 2.27. The lowest BCUT2D eigenvalue weighted by Crippen LogP contribution is -2.47. The number of rotatable bonds is 6. The molecular formula is C13H28N2O. The number of ether oxygens (including phenoxy) is 1. The minimum atomic E-state index is 0.621. The quantitative estimate of drug-likeness (QED) is 0.751. The van der Waals surface area contributed by atoms with Gasteiger partial charge in [0, 0.05) is 31.8 Å². The van der Waals surface area contributed by atoms with Crippen molar-refractivity contribution in [2.45, 2.75) is 57.7 Å². The van der Waals surface area contributed by atoms with Crippen LogP contribution in [0.4, 0.5) is 0 Å². The monoisotopic (exact) mass is 228 g/mol. The molecule has 96 valence electrons. The van der Waals surface area contributed by atoms with Crippen LogP contribution in [0, 0.1) is 0 Å². The molecule has 0 bridgehead atoms. The van der Waals surface area contributed by atoms with Crippen LogP contribution in [0.5, 0.6) is 0 Å². The molecule has 1 fully saturated rings. The van der Waals surface area contributed by atoms with Crippen molar-refractivity contribution in [2.75, 3.05) is 27.3 Å². The standard InChI is InChI=1S/C13H28N2O/c1-11(2)15(8-9-16-4)13-7-5-6-12(10-13)14-3/h11-14H,5-10H2,1-4H3. The van der Waals surface area contributed by atoms with E-state index in [9.17, 15) is 0 Å². The van der Waals surface area contributed by atoms with Gasteiger partial charge in [-0.05, 0) is 40.2 Å². The minimum Gasteiger partial charge on any atom is -0.383 e. The lowest BCUT2D eigenvalue weighted by molar-refractivity contribution is 0.0720. The lowest BCUT2D eigenvalue weighted by atomic mass is 9.89. The van der Waals surface area contributed by atoms with Crippen molar-refractivity contribution in [1.29, 1.82) is 0 Å². The number of nitrogens with one attached hydrogen (secondary N) is 1. The molecule has 0 aromatic heterocycles. The van der Waals surface area contributed by atoms with E-state index in [0.717, 1.165) is 19.2 Å². The first-order chi connectivity index (χ1) is 7.69. The highest BCUT2D eigenvalue weighted by molar-refractivity contribution is 4.84. The van der Waals surface area contributed by atoms with Crippen molar-refractivity contribution in [3.63, 3.8) is 0 Å². The fraction of sp³-hybridized carbons (Fsp3) is 1.00. The molecule has 0 amide bonds. The second-order valence-electron chi connectivity index (χ2n) is 5.13. The molecule has 1 aliphatic carbocycles. The predicted octanol–water partition coefficient (Wildman–Crippen LogP) is 1.87. The van der Waals surface area contributed by atoms with E-state index in [1.54, 1.807) is 7.11 Å². The Morgan fingerprint density at radius 2 is 2.12 bits per heavy atom. The topological polar surface area (TPSA) is 24.5 Å². The Hall–Kier alpha value is -0.120. The van der Waals surface area contributed by atoms with Crippen LogP contribution < -0.4 is 5.32 Å². The summed E-state index contributed by atoms with van der Waals surface area (Å²) in [6.07, 6.45) is 5.33. The Balaban J connectivity index is 2.48. The molecule has 0 spiro atoms. The number of hydrogen-bond donors (Lipinski definition) is 1. The smallest absolute Gasteiger partial charge is 0.0589 e. The molecule has 2 atom stereocenters. The van der Waals surface area contributed by atoms with Crippen LogP contribution in [0.15, 0.2) is 0 Å². The predicted molar refractivity (Wildman–Crippen MR) is 68.8 cm³/mol. The van der Waals surface area contributed by atoms with Gasteiger partial charge in [0.25, 0.3) is 0 Å². The summed E-state index contributed by atoms with van der Waals surface area (Å²) >= 11 is 0. The van der Waals surface area contributed by atoms with Gasteiger partial charge in [-0.15, -0.1) is 0 Å². The zero-order chi connectivity index (χ0) is 12.0. The van der Waals surface area contributed by atoms with Gasteiger partial charge in [-0.3, -0.25) is 4.90 Å². The van der Waals surface area contributed by atoms with Crippen molar-refractivity contribution >= 4 is 0 Å². The first-order valence-corrected chi connectivity index (χ1v) is 6.61. The molecule has 16 heavy (non-hydrogen) atoms. The van der Waals surface area contributed by atoms with Crippen LogP contribution in [0.2, 0.25) is 0 Å². The van der Waals surface area contributed by atoms with Crippen molar-refractivity contribution in [3.8, 4) is 0 Å². The average Bonchev–Trinajstić information content (AvgIpc) is 2.29. The van der Waals surface area contributed by atoms with Gasteiger partial charge in [-0.25, -0.2) is 0 Å². The summed E-state index contributed by atoms with van der Waals surface area (Å²) in [7, 11) is 3.87. The maximum Gasteiger partial charge on any atom is 0.0589 e. The molecule has 0 heterocycles. The van der Waals surface area contributed by atoms with E-state index in [2.05, 4.69) is 31.1 Å². The Bertz CT molecular complexity index is 185. The molecule has 3 heteroatoms. The van der Waals surface area contributed by atoms with Gasteiger partial charge in [0.1, 0.15) is 0 Å². The third-order valence-corrected chi connectivity index (χ3v) is 3.74. The summed E-state index contributed by atoms with van der Waals surface area (Å²) in [6, 6.07) is 2.07. The fourth-order valence-electron chi connectivity index (χ4n) is 2.79. The highest BCUT2D eigenvalue weighted by atomic mass is 16.5. The maximum atomic E-state index is 5.21. The molecule has 2 unspecified atom stereocenters. The molecule has 0 aromatic carbocycles. The summed E-state index contributed by atoms with van der Waals surface area (Å²) in [4.78, 5) is 2.60. The van der Waals surface area contributed by atoms with Gasteiger partial charge in [0.15, 0.2) is 0 Å². The van der Waals surface area contributed by atoms with Crippen LogP contribution in [-0.4, -0.2) is 50.3 Å². The molecule has 1 rings (SSSR count). The molecule has 0 aromatic rings. The van der Waals surface area contributed by atoms with Crippen molar-refractivity contribution in [3.05, 3.63) is 0 Å². The average molecular weight is 228 g/mol. The van der Waals surface area contributed by atoms with Crippen LogP contribution >= 0.6 is 0 Å². The van der Waals surface area contributed by atoms with E-state index in [1.165, 1.54) is 25.7 Å². The molecule has 1 saturated carbocycles. The van der Waals surface area contributed by atoms with Gasteiger partial charge in [0.05, 0.1) is 6.61 Å². The van der Waals surface area contributed by atoms with Crippen molar-refractivity contribution < 1.29 is 4.74 Å². The third-order valence-electron chi connectivity index (χ3n) is 3.74. The van der Waals surface area contributed by atoms with Crippen LogP contribution in [-0.2, 0) is 4.74 Å². The molecule has 3 nitrogen and oxygen atoms in total. The molecule has 0 aliphatic heterocycles. The minimum absolute atomic E-state index is 0.621. The van der Waals surface area contributed by atoms with Gasteiger partial charge >= 0.3 is 0 Å². The molecule has 1 N–H and O–H groups in total. The van der Waals surface area contributed by atoms with E-state index in [1.807, 2.05) is 0 Å². The second-order valence-corrected chi connectivity index (χ2v) is 5.13. The Morgan fingerprint density at radius 1 is 1.38 bits per heavy atom. The molecule has 1 aliphatic rings. The van der Waals surface area contributed by atoms with Crippen LogP contribution in [0.1, 0.15) is 39.5 Å². The number of hydrogen-bond acceptors (Lipinski definition) is 3. The fourth-order valence-corrected chi connectivity index (χ4v) is 2.79. The first kappa shape index (κ1) is 13.9. The first-order valence-electron chi connectivity index (χ1n) is 6.61. The van der Waals surface area contributed by atoms with E-state index in [-0.39, 0.29) is 0 Å². The lowest BCUT2D eigenvalue weighted by Gasteiger charge is -2.39. The Labute approximate surface area is 101 Å². The number of methoxy groups -OCH3 is 1. The third kappa shape index (κ3) is 4.04. The molecule has 0 radical (unpaired) electrons. The normalized spacial score (nSPS) is 26.6. The van der Waals surface area contributed by atoms with E-state index in [4.69, 9.17) is 4.74 Å². The summed E-state index contributed by atoms with van der Waals surface area (Å²) in [5, 5.41) is 3.43. The summed E-state index contributed by atoms with van der Waals surface area (Å²) in [5.74, 6) is 0. The molecular weight excluding hydrogens is 200 g/mol. The van der Waals surface area contributed by atoms with E-state index in [0.29, 0.717) is 12.1 Å². The summed E-state index contributed by atoms with van der Waals surface area (Å²) < 4.78 is 5.21. The zero-order valence-corrected chi connectivity index (χ0v) is 11.3. The maximum absolute atomic E-state index is 5.21. The van der Waals surface area contributed by atoms with Crippen LogP contribution in [0.25, 0.3) is 0 Å². The number of nitrogens with zero attached hydrogens (tertiary/aromatic N) is 1. The van der Waals surface area contributed by atoms with Gasteiger partial charge in [0.2, 0.25) is 0 Å². The van der Waals surface area contributed by atoms with Crippen molar-refractivity contribution in [1.82, 2.24) is 10.2 Å². The van der Waals surface area contributed by atoms with E-state index < -0.39 is 0 Å². The summed E-state index contributed by atoms with van der Waals surface area (Å²) in [5.41, 5.74) is 0. The van der Waals surface area contributed by atoms with Gasteiger partial charge < -0.3 is 10.1 Å². The van der Waals surface area contributed by atoms with E-state index >= 15 is 0 Å². The Morgan fingerprint density at radius 3 is 2.69 bits per heavy atom. The zero-order valence-electron chi connectivity index (χ0n) is 11.3. The second kappa shape index (κ2) is 7.25. The molecule has 0 saturated heterocycles. The SMILES string of the molecule is CNC1CCCC(N(CCOC)C(C)C)C1. The van der Waals surface area contributed by atoms with Crippen LogP contribution in [0.3, 0.4) is 0 Å². The Kier molecular flexibility index (Phi) is 6.32. The summed E-state index contributed by atoms with van der Waals surface area (Å²) in [6.45, 7) is 6.49. The van der Waals surface area contributed by atoms with Crippen molar-refractivity contribution in [2.24, 2.45) is 0 Å². The largest absolute Gasteiger partial charge is 0.383 e.